The van der Waals surface area contributed by atoms with Crippen LogP contribution in [0.25, 0.3) is 11.4 Å². The molecule has 2 aromatic rings. The molecule has 0 saturated carbocycles. The molecule has 0 spiro atoms. The van der Waals surface area contributed by atoms with Gasteiger partial charge < -0.3 is 20.5 Å². The van der Waals surface area contributed by atoms with Crippen LogP contribution in [0.2, 0.25) is 0 Å². The number of hydrogen-bond donors (Lipinski definition) is 2. The maximum absolute atomic E-state index is 6.13. The quantitative estimate of drug-likeness (QED) is 0.834. The Kier molecular flexibility index (Phi) is 3.96. The lowest BCUT2D eigenvalue weighted by atomic mass is 9.91. The van der Waals surface area contributed by atoms with Crippen molar-refractivity contribution in [2.24, 2.45) is 11.8 Å². The summed E-state index contributed by atoms with van der Waals surface area (Å²) in [5.74, 6) is 2.50. The van der Waals surface area contributed by atoms with E-state index in [0.29, 0.717) is 11.8 Å². The van der Waals surface area contributed by atoms with Gasteiger partial charge in [-0.2, -0.15) is 0 Å². The number of nitrogens with two attached hydrogens (primary N) is 1. The van der Waals surface area contributed by atoms with Crippen LogP contribution in [0, 0.1) is 11.8 Å². The number of rotatable bonds is 2. The minimum atomic E-state index is 0.710. The number of fused-ring (bicyclic) bond motifs is 1. The van der Waals surface area contributed by atoms with E-state index >= 15 is 0 Å². The minimum Gasteiger partial charge on any atom is -0.399 e. The van der Waals surface area contributed by atoms with Crippen LogP contribution >= 0.6 is 0 Å². The van der Waals surface area contributed by atoms with E-state index in [1.54, 1.807) is 0 Å². The molecule has 128 valence electrons. The van der Waals surface area contributed by atoms with Crippen molar-refractivity contribution < 1.29 is 0 Å². The Hall–Kier alpha value is -2.01. The van der Waals surface area contributed by atoms with E-state index in [1.165, 1.54) is 23.4 Å². The fourth-order valence-electron chi connectivity index (χ4n) is 4.28. The first-order valence-electron chi connectivity index (χ1n) is 9.02. The second-order valence-electron chi connectivity index (χ2n) is 7.53. The minimum absolute atomic E-state index is 0.710. The molecule has 0 bridgehead atoms. The van der Waals surface area contributed by atoms with Gasteiger partial charge in [0.1, 0.15) is 5.82 Å². The molecule has 3 heterocycles. The molecule has 1 saturated heterocycles. The van der Waals surface area contributed by atoms with Crippen LogP contribution in [-0.4, -0.2) is 29.2 Å². The average Bonchev–Trinajstić information content (AvgIpc) is 2.98. The first-order chi connectivity index (χ1) is 11.6. The third kappa shape index (κ3) is 2.77. The monoisotopic (exact) mass is 325 g/mol. The maximum Gasteiger partial charge on any atom is 0.142 e. The topological polar surface area (TPSA) is 59.1 Å². The summed E-state index contributed by atoms with van der Waals surface area (Å²) in [6.07, 6.45) is 3.31. The first-order valence-corrected chi connectivity index (χ1v) is 9.02. The molecule has 2 aliphatic rings. The molecule has 0 amide bonds. The molecule has 5 heteroatoms. The Morgan fingerprint density at radius 3 is 2.79 bits per heavy atom. The highest BCUT2D eigenvalue weighted by molar-refractivity contribution is 5.78. The Labute approximate surface area is 143 Å². The summed E-state index contributed by atoms with van der Waals surface area (Å²) in [6.45, 7) is 9.75. The van der Waals surface area contributed by atoms with Crippen LogP contribution in [0.1, 0.15) is 26.0 Å². The number of benzene rings is 1. The fraction of sp³-hybridized carbons (Fsp3) is 0.526. The normalized spacial score (nSPS) is 24.0. The van der Waals surface area contributed by atoms with Crippen molar-refractivity contribution in [1.82, 2.24) is 14.9 Å². The molecule has 0 aliphatic carbocycles. The van der Waals surface area contributed by atoms with Gasteiger partial charge in [-0.25, -0.2) is 4.98 Å². The highest BCUT2D eigenvalue weighted by Crippen LogP contribution is 2.36. The predicted molar refractivity (Wildman–Crippen MR) is 98.9 cm³/mol. The second-order valence-corrected chi connectivity index (χ2v) is 7.53. The van der Waals surface area contributed by atoms with Gasteiger partial charge in [-0.3, -0.25) is 0 Å². The lowest BCUT2D eigenvalue weighted by Crippen LogP contribution is -2.39. The molecule has 24 heavy (non-hydrogen) atoms. The predicted octanol–water partition coefficient (Wildman–Crippen LogP) is 2.72. The van der Waals surface area contributed by atoms with E-state index in [4.69, 9.17) is 10.7 Å². The SMILES string of the molecule is CC1CC(C)CN(c2cc(N)ccc2-c2ncc3n2CCNC3)C1. The Morgan fingerprint density at radius 2 is 2.00 bits per heavy atom. The van der Waals surface area contributed by atoms with Gasteiger partial charge in [-0.15, -0.1) is 0 Å². The lowest BCUT2D eigenvalue weighted by molar-refractivity contribution is 0.357. The summed E-state index contributed by atoms with van der Waals surface area (Å²) in [4.78, 5) is 7.25. The van der Waals surface area contributed by atoms with Gasteiger partial charge >= 0.3 is 0 Å². The van der Waals surface area contributed by atoms with Crippen molar-refractivity contribution in [2.75, 3.05) is 30.3 Å². The van der Waals surface area contributed by atoms with Gasteiger partial charge in [0, 0.05) is 49.7 Å². The van der Waals surface area contributed by atoms with Crippen molar-refractivity contribution in [3.8, 4) is 11.4 Å². The van der Waals surface area contributed by atoms with Crippen molar-refractivity contribution in [2.45, 2.75) is 33.4 Å². The number of anilines is 2. The van der Waals surface area contributed by atoms with Crippen molar-refractivity contribution in [3.05, 3.63) is 30.1 Å². The van der Waals surface area contributed by atoms with Gasteiger partial charge in [-0.1, -0.05) is 13.8 Å². The molecule has 5 nitrogen and oxygen atoms in total. The number of imidazole rings is 1. The molecule has 2 aliphatic heterocycles. The van der Waals surface area contributed by atoms with E-state index in [-0.39, 0.29) is 0 Å². The summed E-state index contributed by atoms with van der Waals surface area (Å²) in [5, 5.41) is 3.41. The zero-order valence-electron chi connectivity index (χ0n) is 14.6. The molecule has 2 unspecified atom stereocenters. The smallest absolute Gasteiger partial charge is 0.142 e. The maximum atomic E-state index is 6.13. The Morgan fingerprint density at radius 1 is 1.21 bits per heavy atom. The van der Waals surface area contributed by atoms with Crippen LogP contribution < -0.4 is 16.0 Å². The van der Waals surface area contributed by atoms with Crippen LogP contribution in [-0.2, 0) is 13.1 Å². The standard InChI is InChI=1S/C19H27N5/c1-13-7-14(2)12-23(11-13)18-8-15(20)3-4-17(18)19-22-10-16-9-21-5-6-24(16)19/h3-4,8,10,13-14,21H,5-7,9,11-12,20H2,1-2H3. The first kappa shape index (κ1) is 15.5. The molecule has 1 fully saturated rings. The van der Waals surface area contributed by atoms with E-state index < -0.39 is 0 Å². The van der Waals surface area contributed by atoms with Gasteiger partial charge in [0.05, 0.1) is 11.9 Å². The molecule has 1 aromatic heterocycles. The molecular weight excluding hydrogens is 298 g/mol. The third-order valence-electron chi connectivity index (χ3n) is 5.23. The summed E-state index contributed by atoms with van der Waals surface area (Å²) in [5.41, 5.74) is 10.7. The average molecular weight is 325 g/mol. The number of aromatic nitrogens is 2. The van der Waals surface area contributed by atoms with Gasteiger partial charge in [0.2, 0.25) is 0 Å². The second kappa shape index (κ2) is 6.13. The number of nitrogen functional groups attached to an aromatic ring is 1. The summed E-state index contributed by atoms with van der Waals surface area (Å²) in [6, 6.07) is 6.27. The molecule has 4 rings (SSSR count). The van der Waals surface area contributed by atoms with E-state index in [0.717, 1.165) is 44.2 Å². The van der Waals surface area contributed by atoms with Gasteiger partial charge in [0.15, 0.2) is 0 Å². The van der Waals surface area contributed by atoms with Gasteiger partial charge in [-0.05, 0) is 36.5 Å². The van der Waals surface area contributed by atoms with Crippen LogP contribution in [0.3, 0.4) is 0 Å². The summed E-state index contributed by atoms with van der Waals surface area (Å²) < 4.78 is 2.35. The lowest BCUT2D eigenvalue weighted by Gasteiger charge is -2.37. The zero-order valence-corrected chi connectivity index (χ0v) is 14.6. The highest BCUT2D eigenvalue weighted by atomic mass is 15.2. The number of piperidine rings is 1. The van der Waals surface area contributed by atoms with Crippen molar-refractivity contribution >= 4 is 11.4 Å². The van der Waals surface area contributed by atoms with Crippen LogP contribution in [0.4, 0.5) is 11.4 Å². The van der Waals surface area contributed by atoms with E-state index in [2.05, 4.69) is 40.8 Å². The van der Waals surface area contributed by atoms with Crippen molar-refractivity contribution in [3.63, 3.8) is 0 Å². The fourth-order valence-corrected chi connectivity index (χ4v) is 4.28. The molecule has 1 aromatic carbocycles. The number of nitrogens with one attached hydrogen (secondary N) is 1. The Bertz CT molecular complexity index is 725. The number of nitrogens with zero attached hydrogens (tertiary/aromatic N) is 3. The molecular formula is C19H27N5. The van der Waals surface area contributed by atoms with E-state index in [9.17, 15) is 0 Å². The van der Waals surface area contributed by atoms with E-state index in [1.807, 2.05) is 12.3 Å². The van der Waals surface area contributed by atoms with Gasteiger partial charge in [0.25, 0.3) is 0 Å². The highest BCUT2D eigenvalue weighted by Gasteiger charge is 2.26. The number of hydrogen-bond acceptors (Lipinski definition) is 4. The Balaban J connectivity index is 1.78. The third-order valence-corrected chi connectivity index (χ3v) is 5.23. The zero-order chi connectivity index (χ0) is 16.7. The summed E-state index contributed by atoms with van der Waals surface area (Å²) >= 11 is 0. The van der Waals surface area contributed by atoms with Crippen molar-refractivity contribution in [1.29, 1.82) is 0 Å². The molecule has 3 N–H and O–H groups in total. The molecule has 2 atom stereocenters. The van der Waals surface area contributed by atoms with Crippen LogP contribution in [0.15, 0.2) is 24.4 Å². The molecule has 0 radical (unpaired) electrons. The largest absolute Gasteiger partial charge is 0.399 e. The van der Waals surface area contributed by atoms with Crippen LogP contribution in [0.5, 0.6) is 0 Å². The summed E-state index contributed by atoms with van der Waals surface area (Å²) in [7, 11) is 0.